The van der Waals surface area contributed by atoms with Crippen molar-refractivity contribution in [2.24, 2.45) is 0 Å². The number of halogens is 6. The topological polar surface area (TPSA) is 46.9 Å². The molecule has 34 heavy (non-hydrogen) atoms. The van der Waals surface area contributed by atoms with E-state index in [1.165, 1.54) is 22.9 Å². The summed E-state index contributed by atoms with van der Waals surface area (Å²) in [5.41, 5.74) is -0.888. The van der Waals surface area contributed by atoms with Crippen molar-refractivity contribution in [1.29, 1.82) is 0 Å². The summed E-state index contributed by atoms with van der Waals surface area (Å²) in [5.74, 6) is -0.693. The highest BCUT2D eigenvalue weighted by atomic mass is 19.4. The molecule has 0 saturated heterocycles. The molecule has 0 bridgehead atoms. The van der Waals surface area contributed by atoms with E-state index in [1.54, 1.807) is 24.3 Å². The number of nitrogens with zero attached hydrogens (tertiary/aromatic N) is 2. The Morgan fingerprint density at radius 1 is 0.882 bits per heavy atom. The number of benzene rings is 3. The molecule has 0 aliphatic rings. The fourth-order valence-corrected chi connectivity index (χ4v) is 3.46. The average Bonchev–Trinajstić information content (AvgIpc) is 3.17. The minimum atomic E-state index is -4.71. The van der Waals surface area contributed by atoms with Crippen LogP contribution in [0.5, 0.6) is 0 Å². The monoisotopic (exact) mass is 475 g/mol. The molecule has 0 aliphatic heterocycles. The Morgan fingerprint density at radius 2 is 1.53 bits per heavy atom. The summed E-state index contributed by atoms with van der Waals surface area (Å²) in [6, 6.07) is 13.9. The number of carbonyl (C=O) groups is 1. The molecule has 1 aromatic heterocycles. The number of nitrogens with one attached hydrogen (secondary N) is 1. The minimum Gasteiger partial charge on any atom is -0.322 e. The van der Waals surface area contributed by atoms with Gasteiger partial charge in [-0.2, -0.15) is 31.4 Å². The fraction of sp³-hybridized carbons (Fsp3) is 0.0833. The standard InChI is InChI=1S/C24H15F6N3O/c1-2-21(34)31-17-11-16(24(28,29)30)12-18(13-17)33-20-6-4-3-5-19(20)22(32-33)14-7-9-15(10-8-14)23(25,26)27/h2-13H,1H2,(H,31,34). The second kappa shape index (κ2) is 8.36. The van der Waals surface area contributed by atoms with Crippen LogP contribution < -0.4 is 5.32 Å². The summed E-state index contributed by atoms with van der Waals surface area (Å²) in [6.45, 7) is 3.29. The minimum absolute atomic E-state index is 0.00329. The Kier molecular flexibility index (Phi) is 5.68. The molecule has 0 spiro atoms. The van der Waals surface area contributed by atoms with Crippen molar-refractivity contribution >= 4 is 22.5 Å². The second-order valence-electron chi connectivity index (χ2n) is 7.31. The molecule has 4 aromatic rings. The van der Waals surface area contributed by atoms with Gasteiger partial charge in [-0.3, -0.25) is 4.79 Å². The molecule has 4 rings (SSSR count). The largest absolute Gasteiger partial charge is 0.416 e. The van der Waals surface area contributed by atoms with Crippen LogP contribution in [-0.2, 0) is 17.1 Å². The van der Waals surface area contributed by atoms with Crippen LogP contribution in [-0.4, -0.2) is 15.7 Å². The van der Waals surface area contributed by atoms with E-state index in [0.717, 1.165) is 30.3 Å². The number of rotatable bonds is 4. The lowest BCUT2D eigenvalue weighted by Crippen LogP contribution is -2.12. The van der Waals surface area contributed by atoms with Crippen molar-refractivity contribution in [3.05, 3.63) is 90.5 Å². The number of amides is 1. The van der Waals surface area contributed by atoms with Crippen molar-refractivity contribution in [2.45, 2.75) is 12.4 Å². The molecule has 0 aliphatic carbocycles. The molecule has 4 nitrogen and oxygen atoms in total. The average molecular weight is 475 g/mol. The van der Waals surface area contributed by atoms with Crippen LogP contribution in [0.1, 0.15) is 11.1 Å². The zero-order valence-corrected chi connectivity index (χ0v) is 17.2. The third kappa shape index (κ3) is 4.52. The zero-order chi connectivity index (χ0) is 24.7. The SMILES string of the molecule is C=CC(=O)Nc1cc(-n2nc(-c3ccc(C(F)(F)F)cc3)c3ccccc32)cc(C(F)(F)F)c1. The van der Waals surface area contributed by atoms with Crippen LogP contribution in [0.2, 0.25) is 0 Å². The highest BCUT2D eigenvalue weighted by Gasteiger charge is 2.32. The predicted octanol–water partition coefficient (Wildman–Crippen LogP) is 6.85. The molecule has 1 N–H and O–H groups in total. The third-order valence-electron chi connectivity index (χ3n) is 5.02. The van der Waals surface area contributed by atoms with E-state index in [9.17, 15) is 31.1 Å². The summed E-state index contributed by atoms with van der Waals surface area (Å²) >= 11 is 0. The lowest BCUT2D eigenvalue weighted by Gasteiger charge is -2.13. The van der Waals surface area contributed by atoms with Crippen molar-refractivity contribution in [3.8, 4) is 16.9 Å². The highest BCUT2D eigenvalue weighted by Crippen LogP contribution is 2.36. The molecule has 3 aromatic carbocycles. The molecule has 174 valence electrons. The maximum atomic E-state index is 13.5. The van der Waals surface area contributed by atoms with Gasteiger partial charge in [0.05, 0.1) is 22.3 Å². The summed E-state index contributed by atoms with van der Waals surface area (Å²) in [4.78, 5) is 11.7. The van der Waals surface area contributed by atoms with Crippen LogP contribution in [0.4, 0.5) is 32.0 Å². The lowest BCUT2D eigenvalue weighted by atomic mass is 10.1. The van der Waals surface area contributed by atoms with Crippen LogP contribution in [0.25, 0.3) is 27.8 Å². The van der Waals surface area contributed by atoms with Gasteiger partial charge in [0.15, 0.2) is 0 Å². The molecular weight excluding hydrogens is 460 g/mol. The molecule has 1 heterocycles. The van der Waals surface area contributed by atoms with Crippen LogP contribution in [0, 0.1) is 0 Å². The first-order chi connectivity index (χ1) is 16.0. The smallest absolute Gasteiger partial charge is 0.322 e. The third-order valence-corrected chi connectivity index (χ3v) is 5.02. The predicted molar refractivity (Wildman–Crippen MR) is 115 cm³/mol. The first-order valence-corrected chi connectivity index (χ1v) is 9.79. The van der Waals surface area contributed by atoms with Gasteiger partial charge in [-0.25, -0.2) is 4.68 Å². The number of hydrogen-bond acceptors (Lipinski definition) is 2. The van der Waals surface area contributed by atoms with E-state index in [0.29, 0.717) is 22.2 Å². The number of fused-ring (bicyclic) bond motifs is 1. The van der Waals surface area contributed by atoms with E-state index < -0.39 is 29.4 Å². The Hall–Kier alpha value is -4.08. The van der Waals surface area contributed by atoms with E-state index in [-0.39, 0.29) is 11.4 Å². The summed E-state index contributed by atoms with van der Waals surface area (Å²) in [7, 11) is 0. The van der Waals surface area contributed by atoms with Crippen molar-refractivity contribution in [1.82, 2.24) is 9.78 Å². The van der Waals surface area contributed by atoms with Gasteiger partial charge in [-0.1, -0.05) is 36.9 Å². The van der Waals surface area contributed by atoms with E-state index in [2.05, 4.69) is 17.0 Å². The fourth-order valence-electron chi connectivity index (χ4n) is 3.46. The first-order valence-electron chi connectivity index (χ1n) is 9.79. The van der Waals surface area contributed by atoms with E-state index >= 15 is 0 Å². The Morgan fingerprint density at radius 3 is 2.15 bits per heavy atom. The number of para-hydroxylation sites is 1. The highest BCUT2D eigenvalue weighted by molar-refractivity contribution is 5.99. The summed E-state index contributed by atoms with van der Waals surface area (Å²) in [6.07, 6.45) is -8.29. The van der Waals surface area contributed by atoms with Crippen molar-refractivity contribution in [3.63, 3.8) is 0 Å². The molecule has 0 saturated carbocycles. The summed E-state index contributed by atoms with van der Waals surface area (Å²) in [5, 5.41) is 7.26. The van der Waals surface area contributed by atoms with E-state index in [4.69, 9.17) is 0 Å². The number of alkyl halides is 6. The molecule has 0 unspecified atom stereocenters. The number of aromatic nitrogens is 2. The van der Waals surface area contributed by atoms with Gasteiger partial charge < -0.3 is 5.32 Å². The first kappa shape index (κ1) is 23.1. The number of anilines is 1. The summed E-state index contributed by atoms with van der Waals surface area (Å²) < 4.78 is 80.7. The molecular formula is C24H15F6N3O. The lowest BCUT2D eigenvalue weighted by molar-refractivity contribution is -0.138. The maximum Gasteiger partial charge on any atom is 0.416 e. The van der Waals surface area contributed by atoms with Crippen molar-refractivity contribution in [2.75, 3.05) is 5.32 Å². The second-order valence-corrected chi connectivity index (χ2v) is 7.31. The van der Waals surface area contributed by atoms with Gasteiger partial charge in [0.1, 0.15) is 5.69 Å². The molecule has 1 amide bonds. The normalized spacial score (nSPS) is 12.1. The van der Waals surface area contributed by atoms with E-state index in [1.807, 2.05) is 0 Å². The number of carbonyl (C=O) groups excluding carboxylic acids is 1. The number of hydrogen-bond donors (Lipinski definition) is 1. The Balaban J connectivity index is 1.90. The zero-order valence-electron chi connectivity index (χ0n) is 17.2. The maximum absolute atomic E-state index is 13.5. The molecule has 10 heteroatoms. The van der Waals surface area contributed by atoms with Gasteiger partial charge in [-0.15, -0.1) is 0 Å². The molecule has 0 atom stereocenters. The van der Waals surface area contributed by atoms with Gasteiger partial charge in [0.25, 0.3) is 0 Å². The van der Waals surface area contributed by atoms with Gasteiger partial charge >= 0.3 is 12.4 Å². The molecule has 0 fully saturated rings. The Labute approximate surface area is 189 Å². The van der Waals surface area contributed by atoms with Crippen molar-refractivity contribution < 1.29 is 31.1 Å². The van der Waals surface area contributed by atoms with Crippen LogP contribution in [0.3, 0.4) is 0 Å². The van der Waals surface area contributed by atoms with Gasteiger partial charge in [-0.05, 0) is 42.5 Å². The van der Waals surface area contributed by atoms with Gasteiger partial charge in [0.2, 0.25) is 5.91 Å². The molecule has 0 radical (unpaired) electrons. The quantitative estimate of drug-likeness (QED) is 0.259. The van der Waals surface area contributed by atoms with Gasteiger partial charge in [0, 0.05) is 16.6 Å². The van der Waals surface area contributed by atoms with Crippen LogP contribution >= 0.6 is 0 Å². The van der Waals surface area contributed by atoms with Crippen LogP contribution in [0.15, 0.2) is 79.4 Å². The Bertz CT molecular complexity index is 1380.